The second kappa shape index (κ2) is 7.08. The fraction of sp³-hybridized carbons (Fsp3) is 0.667. The first kappa shape index (κ1) is 18.4. The van der Waals surface area contributed by atoms with Crippen LogP contribution in [0.5, 0.6) is 0 Å². The molecular weight excluding hydrogens is 312 g/mol. The molecule has 1 aromatic rings. The van der Waals surface area contributed by atoms with Gasteiger partial charge >= 0.3 is 0 Å². The highest BCUT2D eigenvalue weighted by atomic mass is 16.5. The Hall–Kier alpha value is -1.39. The number of likely N-dealkylation sites (N-methyl/N-ethyl adjacent to an activating group) is 1. The molecule has 1 amide bonds. The number of carbonyl (C=O) groups is 1. The van der Waals surface area contributed by atoms with Crippen LogP contribution in [0.2, 0.25) is 0 Å². The molecule has 3 rings (SSSR count). The molecular formula is C21H32N2O2. The lowest BCUT2D eigenvalue weighted by Gasteiger charge is -2.46. The molecule has 0 N–H and O–H groups in total. The largest absolute Gasteiger partial charge is 0.376 e. The van der Waals surface area contributed by atoms with Gasteiger partial charge in [-0.1, -0.05) is 24.3 Å². The molecule has 2 fully saturated rings. The van der Waals surface area contributed by atoms with E-state index < -0.39 is 0 Å². The van der Waals surface area contributed by atoms with E-state index >= 15 is 0 Å². The van der Waals surface area contributed by atoms with Crippen molar-refractivity contribution >= 4 is 5.91 Å². The first-order valence-electron chi connectivity index (χ1n) is 9.48. The monoisotopic (exact) mass is 344 g/mol. The zero-order valence-corrected chi connectivity index (χ0v) is 16.2. The molecule has 4 heteroatoms. The van der Waals surface area contributed by atoms with Crippen LogP contribution >= 0.6 is 0 Å². The molecule has 1 aromatic carbocycles. The smallest absolute Gasteiger partial charge is 0.223 e. The predicted octanol–water partition coefficient (Wildman–Crippen LogP) is 2.99. The number of nitrogens with zero attached hydrogens (tertiary/aromatic N) is 2. The molecule has 25 heavy (non-hydrogen) atoms. The summed E-state index contributed by atoms with van der Waals surface area (Å²) in [5.41, 5.74) is 2.30. The number of rotatable bonds is 3. The highest BCUT2D eigenvalue weighted by Crippen LogP contribution is 2.45. The number of hydrogen-bond acceptors (Lipinski definition) is 3. The molecule has 0 saturated carbocycles. The Bertz CT molecular complexity index is 620. The fourth-order valence-corrected chi connectivity index (χ4v) is 4.58. The first-order valence-corrected chi connectivity index (χ1v) is 9.48. The summed E-state index contributed by atoms with van der Waals surface area (Å²) in [6.45, 7) is 10.8. The summed E-state index contributed by atoms with van der Waals surface area (Å²) in [4.78, 5) is 17.5. The molecule has 2 saturated heterocycles. The highest BCUT2D eigenvalue weighted by Gasteiger charge is 2.44. The zero-order valence-electron chi connectivity index (χ0n) is 16.2. The Kier molecular flexibility index (Phi) is 5.21. The maximum Gasteiger partial charge on any atom is 0.223 e. The minimum atomic E-state index is -0.192. The number of amides is 1. The molecule has 0 unspecified atom stereocenters. The Morgan fingerprint density at radius 2 is 1.84 bits per heavy atom. The lowest BCUT2D eigenvalue weighted by atomic mass is 9.66. The van der Waals surface area contributed by atoms with Crippen LogP contribution in [-0.2, 0) is 14.9 Å². The van der Waals surface area contributed by atoms with Gasteiger partial charge in [-0.3, -0.25) is 4.79 Å². The van der Waals surface area contributed by atoms with Crippen LogP contribution in [0, 0.1) is 6.92 Å². The van der Waals surface area contributed by atoms with Crippen molar-refractivity contribution in [1.82, 2.24) is 9.80 Å². The lowest BCUT2D eigenvalue weighted by Crippen LogP contribution is -2.51. The van der Waals surface area contributed by atoms with E-state index in [1.807, 2.05) is 0 Å². The van der Waals surface area contributed by atoms with E-state index in [9.17, 15) is 4.79 Å². The summed E-state index contributed by atoms with van der Waals surface area (Å²) >= 11 is 0. The van der Waals surface area contributed by atoms with Crippen molar-refractivity contribution in [3.8, 4) is 0 Å². The third-order valence-corrected chi connectivity index (χ3v) is 5.90. The number of aryl methyl sites for hydroxylation is 1. The number of benzene rings is 1. The van der Waals surface area contributed by atoms with E-state index in [0.717, 1.165) is 45.6 Å². The number of carbonyl (C=O) groups excluding carboxylic acids is 1. The molecule has 1 atom stereocenters. The standard InChI is InChI=1S/C21H32N2O2/c1-17-7-5-6-8-18(17)21(9-14-25-20(2,3)16-21)15-19(24)23-12-10-22(4)11-13-23/h5-8H,9-16H2,1-4H3/t21-/m1/s1. The van der Waals surface area contributed by atoms with E-state index in [2.05, 4.69) is 61.9 Å². The van der Waals surface area contributed by atoms with Crippen LogP contribution in [0.4, 0.5) is 0 Å². The second-order valence-electron chi connectivity index (χ2n) is 8.49. The third-order valence-electron chi connectivity index (χ3n) is 5.90. The van der Waals surface area contributed by atoms with Gasteiger partial charge in [-0.05, 0) is 51.8 Å². The molecule has 2 aliphatic rings. The van der Waals surface area contributed by atoms with E-state index in [-0.39, 0.29) is 11.0 Å². The minimum absolute atomic E-state index is 0.118. The maximum absolute atomic E-state index is 13.1. The van der Waals surface area contributed by atoms with Crippen molar-refractivity contribution in [2.45, 2.75) is 51.0 Å². The number of piperazine rings is 1. The van der Waals surface area contributed by atoms with E-state index in [0.29, 0.717) is 12.3 Å². The van der Waals surface area contributed by atoms with Crippen molar-refractivity contribution in [2.24, 2.45) is 0 Å². The highest BCUT2D eigenvalue weighted by molar-refractivity contribution is 5.78. The van der Waals surface area contributed by atoms with Crippen LogP contribution in [-0.4, -0.2) is 61.1 Å². The molecule has 138 valence electrons. The predicted molar refractivity (Wildman–Crippen MR) is 101 cm³/mol. The Morgan fingerprint density at radius 3 is 2.48 bits per heavy atom. The normalized spacial score (nSPS) is 27.3. The van der Waals surface area contributed by atoms with Crippen molar-refractivity contribution in [3.05, 3.63) is 35.4 Å². The van der Waals surface area contributed by atoms with Crippen LogP contribution in [0.3, 0.4) is 0 Å². The van der Waals surface area contributed by atoms with Crippen LogP contribution in [0.15, 0.2) is 24.3 Å². The summed E-state index contributed by atoms with van der Waals surface area (Å²) in [7, 11) is 2.12. The van der Waals surface area contributed by atoms with Gasteiger partial charge in [0.05, 0.1) is 5.60 Å². The molecule has 2 heterocycles. The number of hydrogen-bond donors (Lipinski definition) is 0. The lowest BCUT2D eigenvalue weighted by molar-refractivity contribution is -0.138. The molecule has 4 nitrogen and oxygen atoms in total. The van der Waals surface area contributed by atoms with Gasteiger partial charge in [-0.2, -0.15) is 0 Å². The topological polar surface area (TPSA) is 32.8 Å². The van der Waals surface area contributed by atoms with E-state index in [1.54, 1.807) is 0 Å². The van der Waals surface area contributed by atoms with Crippen molar-refractivity contribution in [2.75, 3.05) is 39.8 Å². The van der Waals surface area contributed by atoms with Crippen molar-refractivity contribution < 1.29 is 9.53 Å². The number of ether oxygens (including phenoxy) is 1. The summed E-state index contributed by atoms with van der Waals surface area (Å²) in [5, 5.41) is 0. The average molecular weight is 344 g/mol. The summed E-state index contributed by atoms with van der Waals surface area (Å²) in [6, 6.07) is 8.57. The second-order valence-corrected chi connectivity index (χ2v) is 8.49. The molecule has 0 spiro atoms. The molecule has 0 aromatic heterocycles. The van der Waals surface area contributed by atoms with Crippen molar-refractivity contribution in [1.29, 1.82) is 0 Å². The first-order chi connectivity index (χ1) is 11.8. The quantitative estimate of drug-likeness (QED) is 0.845. The average Bonchev–Trinajstić information content (AvgIpc) is 2.54. The molecule has 2 aliphatic heterocycles. The van der Waals surface area contributed by atoms with Crippen molar-refractivity contribution in [3.63, 3.8) is 0 Å². The van der Waals surface area contributed by atoms with Gasteiger partial charge in [0, 0.05) is 44.6 Å². The van der Waals surface area contributed by atoms with Gasteiger partial charge in [0.25, 0.3) is 0 Å². The van der Waals surface area contributed by atoms with E-state index in [1.165, 1.54) is 11.1 Å². The maximum atomic E-state index is 13.1. The van der Waals surface area contributed by atoms with Gasteiger partial charge in [-0.25, -0.2) is 0 Å². The van der Waals surface area contributed by atoms with Gasteiger partial charge in [-0.15, -0.1) is 0 Å². The van der Waals surface area contributed by atoms with E-state index in [4.69, 9.17) is 4.74 Å². The summed E-state index contributed by atoms with van der Waals surface area (Å²) in [6.07, 6.45) is 2.40. The Morgan fingerprint density at radius 1 is 1.16 bits per heavy atom. The summed E-state index contributed by atoms with van der Waals surface area (Å²) < 4.78 is 5.99. The van der Waals surface area contributed by atoms with Crippen LogP contribution in [0.25, 0.3) is 0 Å². The molecule has 0 aliphatic carbocycles. The molecule has 0 radical (unpaired) electrons. The van der Waals surface area contributed by atoms with Crippen LogP contribution < -0.4 is 0 Å². The molecule has 0 bridgehead atoms. The third kappa shape index (κ3) is 4.06. The Balaban J connectivity index is 1.87. The minimum Gasteiger partial charge on any atom is -0.376 e. The summed E-state index contributed by atoms with van der Waals surface area (Å²) in [5.74, 6) is 0.300. The van der Waals surface area contributed by atoms with Gasteiger partial charge in [0.15, 0.2) is 0 Å². The van der Waals surface area contributed by atoms with Gasteiger partial charge < -0.3 is 14.5 Å². The van der Waals surface area contributed by atoms with Gasteiger partial charge in [0.1, 0.15) is 0 Å². The van der Waals surface area contributed by atoms with Crippen LogP contribution in [0.1, 0.15) is 44.2 Å². The SMILES string of the molecule is Cc1ccccc1[C@@]1(CC(=O)N2CCN(C)CC2)CCOC(C)(C)C1. The fourth-order valence-electron chi connectivity index (χ4n) is 4.58. The zero-order chi connectivity index (χ0) is 18.1. The Labute approximate surface area is 152 Å². The van der Waals surface area contributed by atoms with Gasteiger partial charge in [0.2, 0.25) is 5.91 Å².